The van der Waals surface area contributed by atoms with Gasteiger partial charge in [0, 0.05) is 37.2 Å². The highest BCUT2D eigenvalue weighted by Crippen LogP contribution is 2.11. The molecular formula is C12H16BrN3O. The molecule has 4 nitrogen and oxygen atoms in total. The molecule has 0 unspecified atom stereocenters. The maximum atomic E-state index is 11.3. The van der Waals surface area contributed by atoms with E-state index in [-0.39, 0.29) is 6.03 Å². The number of nitrogens with zero attached hydrogens (tertiary/aromatic N) is 1. The monoisotopic (exact) mass is 297 g/mol. The normalized spacial score (nSPS) is 15.1. The Labute approximate surface area is 110 Å². The Hall–Kier alpha value is -1.07. The summed E-state index contributed by atoms with van der Waals surface area (Å²) in [7, 11) is 0. The molecule has 0 radical (unpaired) electrons. The van der Waals surface area contributed by atoms with Crippen molar-refractivity contribution in [2.45, 2.75) is 6.54 Å². The molecular weight excluding hydrogens is 282 g/mol. The third-order valence-electron chi connectivity index (χ3n) is 2.72. The molecule has 0 aromatic heterocycles. The lowest BCUT2D eigenvalue weighted by Crippen LogP contribution is -2.34. The van der Waals surface area contributed by atoms with Crippen LogP contribution in [0.3, 0.4) is 0 Å². The minimum absolute atomic E-state index is 0.0502. The highest BCUT2D eigenvalue weighted by molar-refractivity contribution is 9.10. The van der Waals surface area contributed by atoms with Gasteiger partial charge in [0.05, 0.1) is 0 Å². The van der Waals surface area contributed by atoms with Gasteiger partial charge >= 0.3 is 6.03 Å². The van der Waals surface area contributed by atoms with E-state index in [1.165, 1.54) is 5.56 Å². The van der Waals surface area contributed by atoms with Crippen LogP contribution in [-0.2, 0) is 6.54 Å². The van der Waals surface area contributed by atoms with E-state index in [1.54, 1.807) is 0 Å². The van der Waals surface area contributed by atoms with Gasteiger partial charge in [-0.15, -0.1) is 0 Å². The molecule has 0 bridgehead atoms. The van der Waals surface area contributed by atoms with Crippen LogP contribution in [0.5, 0.6) is 0 Å². The molecule has 0 aliphatic carbocycles. The molecule has 0 spiro atoms. The van der Waals surface area contributed by atoms with Crippen molar-refractivity contribution in [3.63, 3.8) is 0 Å². The van der Waals surface area contributed by atoms with Crippen LogP contribution in [0.2, 0.25) is 0 Å². The first-order chi connectivity index (χ1) is 8.25. The molecule has 1 heterocycles. The van der Waals surface area contributed by atoms with Crippen molar-refractivity contribution in [1.82, 2.24) is 15.5 Å². The fourth-order valence-electron chi connectivity index (χ4n) is 1.82. The van der Waals surface area contributed by atoms with E-state index in [0.717, 1.165) is 37.2 Å². The van der Waals surface area contributed by atoms with Gasteiger partial charge in [0.1, 0.15) is 0 Å². The third kappa shape index (κ3) is 3.71. The topological polar surface area (TPSA) is 44.4 Å². The van der Waals surface area contributed by atoms with E-state index in [9.17, 15) is 4.79 Å². The van der Waals surface area contributed by atoms with Crippen molar-refractivity contribution in [2.24, 2.45) is 0 Å². The predicted molar refractivity (Wildman–Crippen MR) is 70.8 cm³/mol. The number of carbonyl (C=O) groups excluding carboxylic acids is 1. The van der Waals surface area contributed by atoms with Crippen LogP contribution in [0.15, 0.2) is 28.7 Å². The summed E-state index contributed by atoms with van der Waals surface area (Å²) in [4.78, 5) is 13.1. The van der Waals surface area contributed by atoms with Gasteiger partial charge in [0.15, 0.2) is 0 Å². The van der Waals surface area contributed by atoms with Crippen molar-refractivity contribution in [3.8, 4) is 0 Å². The number of halogens is 1. The number of nitrogens with one attached hydrogen (secondary N) is 2. The van der Waals surface area contributed by atoms with Gasteiger partial charge in [-0.1, -0.05) is 28.1 Å². The Morgan fingerprint density at radius 3 is 3.06 bits per heavy atom. The molecule has 17 heavy (non-hydrogen) atoms. The lowest BCUT2D eigenvalue weighted by Gasteiger charge is -2.14. The Balaban J connectivity index is 1.68. The summed E-state index contributed by atoms with van der Waals surface area (Å²) in [6.45, 7) is 4.00. The fraction of sp³-hybridized carbons (Fsp3) is 0.417. The van der Waals surface area contributed by atoms with Crippen molar-refractivity contribution in [3.05, 3.63) is 34.3 Å². The highest BCUT2D eigenvalue weighted by Gasteiger charge is 2.17. The first kappa shape index (κ1) is 12.4. The summed E-state index contributed by atoms with van der Waals surface area (Å²) in [6, 6.07) is 8.26. The van der Waals surface area contributed by atoms with E-state index in [0.29, 0.717) is 0 Å². The van der Waals surface area contributed by atoms with E-state index in [1.807, 2.05) is 17.0 Å². The lowest BCUT2D eigenvalue weighted by molar-refractivity contribution is 0.217. The molecule has 1 aromatic rings. The second-order valence-corrected chi connectivity index (χ2v) is 4.94. The molecule has 1 aromatic carbocycles. The molecule has 2 amide bonds. The molecule has 1 aliphatic rings. The number of amides is 2. The molecule has 0 atom stereocenters. The number of rotatable bonds is 5. The van der Waals surface area contributed by atoms with Gasteiger partial charge in [-0.3, -0.25) is 0 Å². The molecule has 92 valence electrons. The van der Waals surface area contributed by atoms with Crippen LogP contribution >= 0.6 is 15.9 Å². The smallest absolute Gasteiger partial charge is 0.317 e. The Kier molecular flexibility index (Phi) is 4.39. The number of hydrogen-bond acceptors (Lipinski definition) is 2. The van der Waals surface area contributed by atoms with Crippen LogP contribution < -0.4 is 10.6 Å². The second kappa shape index (κ2) is 6.02. The number of urea groups is 1. The molecule has 2 N–H and O–H groups in total. The Bertz CT molecular complexity index is 397. The van der Waals surface area contributed by atoms with Crippen LogP contribution in [0.1, 0.15) is 5.56 Å². The number of hydrogen-bond donors (Lipinski definition) is 2. The van der Waals surface area contributed by atoms with Crippen LogP contribution in [-0.4, -0.2) is 37.1 Å². The van der Waals surface area contributed by atoms with Gasteiger partial charge in [-0.2, -0.15) is 0 Å². The molecule has 1 fully saturated rings. The highest BCUT2D eigenvalue weighted by atomic mass is 79.9. The largest absolute Gasteiger partial charge is 0.336 e. The molecule has 1 saturated heterocycles. The third-order valence-corrected chi connectivity index (χ3v) is 3.22. The molecule has 2 rings (SSSR count). The summed E-state index contributed by atoms with van der Waals surface area (Å²) in [6.07, 6.45) is 0. The summed E-state index contributed by atoms with van der Waals surface area (Å²) >= 11 is 3.44. The van der Waals surface area contributed by atoms with Gasteiger partial charge in [-0.05, 0) is 17.7 Å². The standard InChI is InChI=1S/C12H16BrN3O/c13-11-3-1-2-10(8-11)9-14-4-6-16-7-5-15-12(16)17/h1-3,8,14H,4-7,9H2,(H,15,17). The van der Waals surface area contributed by atoms with Crippen molar-refractivity contribution in [2.75, 3.05) is 26.2 Å². The molecule has 1 aliphatic heterocycles. The first-order valence-corrected chi connectivity index (χ1v) is 6.53. The van der Waals surface area contributed by atoms with Crippen LogP contribution in [0.25, 0.3) is 0 Å². The summed E-state index contributed by atoms with van der Waals surface area (Å²) in [5.74, 6) is 0. The number of benzene rings is 1. The fourth-order valence-corrected chi connectivity index (χ4v) is 2.26. The van der Waals surface area contributed by atoms with Crippen molar-refractivity contribution >= 4 is 22.0 Å². The maximum absolute atomic E-state index is 11.3. The molecule has 5 heteroatoms. The van der Waals surface area contributed by atoms with E-state index in [2.05, 4.69) is 38.7 Å². The van der Waals surface area contributed by atoms with Gasteiger partial charge in [0.2, 0.25) is 0 Å². The second-order valence-electron chi connectivity index (χ2n) is 4.03. The first-order valence-electron chi connectivity index (χ1n) is 5.73. The minimum Gasteiger partial charge on any atom is -0.336 e. The average molecular weight is 298 g/mol. The number of carbonyl (C=O) groups is 1. The van der Waals surface area contributed by atoms with Crippen LogP contribution in [0.4, 0.5) is 4.79 Å². The summed E-state index contributed by atoms with van der Waals surface area (Å²) < 4.78 is 1.09. The zero-order valence-corrected chi connectivity index (χ0v) is 11.2. The summed E-state index contributed by atoms with van der Waals surface area (Å²) in [5.41, 5.74) is 1.24. The van der Waals surface area contributed by atoms with Gasteiger partial charge in [-0.25, -0.2) is 4.79 Å². The Morgan fingerprint density at radius 1 is 1.47 bits per heavy atom. The Morgan fingerprint density at radius 2 is 2.35 bits per heavy atom. The predicted octanol–water partition coefficient (Wildman–Crippen LogP) is 1.56. The van der Waals surface area contributed by atoms with Gasteiger partial charge in [0.25, 0.3) is 0 Å². The average Bonchev–Trinajstić information content (AvgIpc) is 2.71. The van der Waals surface area contributed by atoms with Crippen LogP contribution in [0, 0.1) is 0 Å². The quantitative estimate of drug-likeness (QED) is 0.810. The lowest BCUT2D eigenvalue weighted by atomic mass is 10.2. The van der Waals surface area contributed by atoms with E-state index in [4.69, 9.17) is 0 Å². The molecule has 0 saturated carbocycles. The van der Waals surface area contributed by atoms with Crippen molar-refractivity contribution in [1.29, 1.82) is 0 Å². The summed E-state index contributed by atoms with van der Waals surface area (Å²) in [5, 5.41) is 6.12. The zero-order chi connectivity index (χ0) is 12.1. The van der Waals surface area contributed by atoms with Crippen molar-refractivity contribution < 1.29 is 4.79 Å². The van der Waals surface area contributed by atoms with Gasteiger partial charge < -0.3 is 15.5 Å². The SMILES string of the molecule is O=C1NCCN1CCNCc1cccc(Br)c1. The zero-order valence-electron chi connectivity index (χ0n) is 9.58. The van der Waals surface area contributed by atoms with E-state index < -0.39 is 0 Å². The minimum atomic E-state index is 0.0502. The maximum Gasteiger partial charge on any atom is 0.317 e. The van der Waals surface area contributed by atoms with E-state index >= 15 is 0 Å².